The van der Waals surface area contributed by atoms with Crippen molar-refractivity contribution in [1.29, 1.82) is 5.26 Å². The fraction of sp³-hybridized carbons (Fsp3) is 0.462. The summed E-state index contributed by atoms with van der Waals surface area (Å²) in [6.45, 7) is 5.78. The van der Waals surface area contributed by atoms with Crippen LogP contribution in [-0.2, 0) is 9.53 Å². The Bertz CT molecular complexity index is 452. The zero-order valence-electron chi connectivity index (χ0n) is 10.8. The first-order chi connectivity index (χ1) is 8.54. The van der Waals surface area contributed by atoms with E-state index in [9.17, 15) is 4.79 Å². The Hall–Kier alpha value is -2.09. The van der Waals surface area contributed by atoms with Gasteiger partial charge in [0, 0.05) is 12.7 Å². The summed E-state index contributed by atoms with van der Waals surface area (Å²) >= 11 is 0. The lowest BCUT2D eigenvalue weighted by molar-refractivity contribution is -0.151. The molecular weight excluding hydrogens is 230 g/mol. The number of anilines is 1. The van der Waals surface area contributed by atoms with E-state index in [1.54, 1.807) is 25.3 Å². The molecule has 0 amide bonds. The van der Waals surface area contributed by atoms with Gasteiger partial charge in [-0.2, -0.15) is 5.26 Å². The minimum Gasteiger partial charge on any atom is -0.463 e. The van der Waals surface area contributed by atoms with E-state index < -0.39 is 0 Å². The molecule has 0 aliphatic rings. The Morgan fingerprint density at radius 1 is 1.56 bits per heavy atom. The van der Waals surface area contributed by atoms with Gasteiger partial charge in [-0.05, 0) is 26.0 Å². The maximum Gasteiger partial charge on any atom is 0.310 e. The zero-order chi connectivity index (χ0) is 13.5. The van der Waals surface area contributed by atoms with Crippen LogP contribution in [0.25, 0.3) is 0 Å². The summed E-state index contributed by atoms with van der Waals surface area (Å²) in [5.74, 6) is -0.0583. The number of esters is 1. The SMILES string of the molecule is CC(C)OC(=O)C(C)CNc1ncccc1C#N. The largest absolute Gasteiger partial charge is 0.463 e. The minimum absolute atomic E-state index is 0.121. The van der Waals surface area contributed by atoms with Crippen molar-refractivity contribution in [2.45, 2.75) is 26.9 Å². The minimum atomic E-state index is -0.291. The highest BCUT2D eigenvalue weighted by Gasteiger charge is 2.16. The van der Waals surface area contributed by atoms with Crippen LogP contribution in [0.1, 0.15) is 26.3 Å². The van der Waals surface area contributed by atoms with Crippen molar-refractivity contribution in [3.05, 3.63) is 23.9 Å². The summed E-state index contributed by atoms with van der Waals surface area (Å²) in [6.07, 6.45) is 1.48. The number of nitrogens with one attached hydrogen (secondary N) is 1. The van der Waals surface area contributed by atoms with Crippen molar-refractivity contribution in [1.82, 2.24) is 4.98 Å². The van der Waals surface area contributed by atoms with Gasteiger partial charge in [-0.1, -0.05) is 6.92 Å². The molecule has 18 heavy (non-hydrogen) atoms. The first kappa shape index (κ1) is 14.0. The number of aromatic nitrogens is 1. The lowest BCUT2D eigenvalue weighted by atomic mass is 10.2. The lowest BCUT2D eigenvalue weighted by Crippen LogP contribution is -2.25. The van der Waals surface area contributed by atoms with E-state index in [0.29, 0.717) is 17.9 Å². The van der Waals surface area contributed by atoms with Crippen LogP contribution in [0, 0.1) is 17.2 Å². The molecule has 1 heterocycles. The van der Waals surface area contributed by atoms with E-state index in [2.05, 4.69) is 10.3 Å². The van der Waals surface area contributed by atoms with Crippen molar-refractivity contribution in [2.75, 3.05) is 11.9 Å². The van der Waals surface area contributed by atoms with Crippen molar-refractivity contribution in [3.63, 3.8) is 0 Å². The fourth-order valence-electron chi connectivity index (χ4n) is 1.32. The van der Waals surface area contributed by atoms with Gasteiger partial charge in [0.2, 0.25) is 0 Å². The molecule has 0 spiro atoms. The van der Waals surface area contributed by atoms with Gasteiger partial charge in [-0.15, -0.1) is 0 Å². The van der Waals surface area contributed by atoms with Gasteiger partial charge in [-0.3, -0.25) is 4.79 Å². The third kappa shape index (κ3) is 4.06. The molecule has 0 saturated carbocycles. The van der Waals surface area contributed by atoms with E-state index in [4.69, 9.17) is 10.00 Å². The first-order valence-electron chi connectivity index (χ1n) is 5.84. The van der Waals surface area contributed by atoms with Crippen LogP contribution < -0.4 is 5.32 Å². The van der Waals surface area contributed by atoms with Crippen molar-refractivity contribution >= 4 is 11.8 Å². The van der Waals surface area contributed by atoms with Crippen molar-refractivity contribution < 1.29 is 9.53 Å². The Balaban J connectivity index is 2.55. The standard InChI is InChI=1S/C13H17N3O2/c1-9(2)18-13(17)10(3)8-16-12-11(7-14)5-4-6-15-12/h4-6,9-10H,8H2,1-3H3,(H,15,16). The van der Waals surface area contributed by atoms with Crippen LogP contribution >= 0.6 is 0 Å². The lowest BCUT2D eigenvalue weighted by Gasteiger charge is -2.15. The molecule has 0 aliphatic carbocycles. The van der Waals surface area contributed by atoms with E-state index in [1.807, 2.05) is 19.9 Å². The molecule has 0 saturated heterocycles. The highest BCUT2D eigenvalue weighted by Crippen LogP contribution is 2.11. The molecule has 96 valence electrons. The molecule has 1 aromatic heterocycles. The van der Waals surface area contributed by atoms with E-state index >= 15 is 0 Å². The first-order valence-corrected chi connectivity index (χ1v) is 5.84. The number of ether oxygens (including phenoxy) is 1. The number of pyridine rings is 1. The van der Waals surface area contributed by atoms with Gasteiger partial charge in [0.1, 0.15) is 11.9 Å². The Morgan fingerprint density at radius 3 is 2.89 bits per heavy atom. The average Bonchev–Trinajstić information content (AvgIpc) is 2.35. The molecule has 1 aromatic rings. The van der Waals surface area contributed by atoms with Crippen LogP contribution in [0.4, 0.5) is 5.82 Å². The third-order valence-electron chi connectivity index (χ3n) is 2.26. The number of hydrogen-bond acceptors (Lipinski definition) is 5. The van der Waals surface area contributed by atoms with Crippen molar-refractivity contribution in [2.24, 2.45) is 5.92 Å². The highest BCUT2D eigenvalue weighted by atomic mass is 16.5. The number of nitrogens with zero attached hydrogens (tertiary/aromatic N) is 2. The Morgan fingerprint density at radius 2 is 2.28 bits per heavy atom. The number of rotatable bonds is 5. The van der Waals surface area contributed by atoms with E-state index in [0.717, 1.165) is 0 Å². The smallest absolute Gasteiger partial charge is 0.310 e. The molecule has 0 aliphatic heterocycles. The van der Waals surface area contributed by atoms with Gasteiger partial charge in [0.15, 0.2) is 0 Å². The fourth-order valence-corrected chi connectivity index (χ4v) is 1.32. The molecule has 0 aromatic carbocycles. The van der Waals surface area contributed by atoms with Crippen LogP contribution in [0.15, 0.2) is 18.3 Å². The number of carbonyl (C=O) groups excluding carboxylic acids is 1. The normalized spacial score (nSPS) is 11.7. The third-order valence-corrected chi connectivity index (χ3v) is 2.26. The predicted octanol–water partition coefficient (Wildman–Crippen LogP) is 1.95. The number of hydrogen-bond donors (Lipinski definition) is 1. The second-order valence-corrected chi connectivity index (χ2v) is 4.28. The molecule has 1 atom stereocenters. The Kier molecular flexibility index (Phi) is 5.12. The molecule has 1 rings (SSSR count). The Labute approximate surface area is 107 Å². The van der Waals surface area contributed by atoms with E-state index in [1.165, 1.54) is 0 Å². The molecule has 0 bridgehead atoms. The summed E-state index contributed by atoms with van der Waals surface area (Å²) < 4.78 is 5.09. The summed E-state index contributed by atoms with van der Waals surface area (Å²) in [5, 5.41) is 11.9. The summed E-state index contributed by atoms with van der Waals surface area (Å²) in [5.41, 5.74) is 0.460. The molecule has 5 heteroatoms. The van der Waals surface area contributed by atoms with Crippen LogP contribution in [-0.4, -0.2) is 23.6 Å². The second-order valence-electron chi connectivity index (χ2n) is 4.28. The number of carbonyl (C=O) groups is 1. The summed E-state index contributed by atoms with van der Waals surface area (Å²) in [4.78, 5) is 15.6. The highest BCUT2D eigenvalue weighted by molar-refractivity contribution is 5.73. The molecule has 1 N–H and O–H groups in total. The van der Waals surface area contributed by atoms with E-state index in [-0.39, 0.29) is 18.0 Å². The van der Waals surface area contributed by atoms with Gasteiger partial charge in [0.05, 0.1) is 17.6 Å². The maximum atomic E-state index is 11.6. The van der Waals surface area contributed by atoms with Gasteiger partial charge >= 0.3 is 5.97 Å². The molecule has 0 fully saturated rings. The zero-order valence-corrected chi connectivity index (χ0v) is 10.8. The van der Waals surface area contributed by atoms with Crippen molar-refractivity contribution in [3.8, 4) is 6.07 Å². The van der Waals surface area contributed by atoms with Gasteiger partial charge in [0.25, 0.3) is 0 Å². The maximum absolute atomic E-state index is 11.6. The average molecular weight is 247 g/mol. The molecule has 1 unspecified atom stereocenters. The summed E-state index contributed by atoms with van der Waals surface area (Å²) in [7, 11) is 0. The monoisotopic (exact) mass is 247 g/mol. The van der Waals surface area contributed by atoms with Gasteiger partial charge < -0.3 is 10.1 Å². The molecule has 5 nitrogen and oxygen atoms in total. The second kappa shape index (κ2) is 6.60. The predicted molar refractivity (Wildman–Crippen MR) is 67.8 cm³/mol. The molecule has 0 radical (unpaired) electrons. The van der Waals surface area contributed by atoms with Crippen LogP contribution in [0.5, 0.6) is 0 Å². The van der Waals surface area contributed by atoms with Crippen LogP contribution in [0.2, 0.25) is 0 Å². The molecular formula is C13H17N3O2. The topological polar surface area (TPSA) is 75.0 Å². The number of nitriles is 1. The quantitative estimate of drug-likeness (QED) is 0.805. The van der Waals surface area contributed by atoms with Crippen LogP contribution in [0.3, 0.4) is 0 Å². The summed E-state index contributed by atoms with van der Waals surface area (Å²) in [6, 6.07) is 5.41. The van der Waals surface area contributed by atoms with Gasteiger partial charge in [-0.25, -0.2) is 4.98 Å².